The molecule has 31 heavy (non-hydrogen) atoms. The van der Waals surface area contributed by atoms with Crippen LogP contribution in [0.25, 0.3) is 11.5 Å². The van der Waals surface area contributed by atoms with Crippen LogP contribution in [0.15, 0.2) is 70.3 Å². The first-order chi connectivity index (χ1) is 15.0. The summed E-state index contributed by atoms with van der Waals surface area (Å²) >= 11 is 0. The number of benzene rings is 2. The van der Waals surface area contributed by atoms with Crippen molar-refractivity contribution in [3.05, 3.63) is 72.1 Å². The number of amides is 1. The number of aromatic nitrogens is 1. The van der Waals surface area contributed by atoms with E-state index in [1.165, 1.54) is 0 Å². The Balaban J connectivity index is 1.57. The van der Waals surface area contributed by atoms with Crippen LogP contribution in [0, 0.1) is 5.92 Å². The number of oxazole rings is 1. The monoisotopic (exact) mass is 419 g/mol. The highest BCUT2D eigenvalue weighted by molar-refractivity contribution is 5.92. The summed E-state index contributed by atoms with van der Waals surface area (Å²) < 4.78 is 5.58. The molecule has 1 heterocycles. The van der Waals surface area contributed by atoms with Gasteiger partial charge in [0.05, 0.1) is 18.8 Å². The maximum absolute atomic E-state index is 11.8. The van der Waals surface area contributed by atoms with Gasteiger partial charge in [-0.15, -0.1) is 0 Å². The summed E-state index contributed by atoms with van der Waals surface area (Å²) in [5.74, 6) is 1.26. The largest absolute Gasteiger partial charge is 0.444 e. The van der Waals surface area contributed by atoms with E-state index in [9.17, 15) is 4.79 Å². The van der Waals surface area contributed by atoms with Gasteiger partial charge in [0.15, 0.2) is 5.96 Å². The minimum Gasteiger partial charge on any atom is -0.444 e. The highest BCUT2D eigenvalue weighted by atomic mass is 16.3. The molecule has 0 atom stereocenters. The van der Waals surface area contributed by atoms with Crippen LogP contribution in [0.4, 0.5) is 5.69 Å². The molecule has 0 bridgehead atoms. The molecule has 0 unspecified atom stereocenters. The summed E-state index contributed by atoms with van der Waals surface area (Å²) in [5, 5.41) is 9.41. The average Bonchev–Trinajstić information content (AvgIpc) is 3.26. The number of nitrogens with one attached hydrogen (secondary N) is 3. The molecule has 3 aromatic rings. The fraction of sp³-hybridized carbons (Fsp3) is 0.292. The van der Waals surface area contributed by atoms with Crippen molar-refractivity contribution in [1.29, 1.82) is 0 Å². The van der Waals surface area contributed by atoms with E-state index in [1.54, 1.807) is 6.26 Å². The molecule has 0 saturated heterocycles. The average molecular weight is 420 g/mol. The zero-order chi connectivity index (χ0) is 22.1. The van der Waals surface area contributed by atoms with Gasteiger partial charge < -0.3 is 20.4 Å². The molecule has 162 valence electrons. The van der Waals surface area contributed by atoms with Gasteiger partial charge in [-0.25, -0.2) is 9.98 Å². The number of carbonyl (C=O) groups is 1. The van der Waals surface area contributed by atoms with Crippen molar-refractivity contribution >= 4 is 17.6 Å². The number of hydrogen-bond acceptors (Lipinski definition) is 4. The molecule has 0 aliphatic carbocycles. The Morgan fingerprint density at radius 1 is 1.06 bits per heavy atom. The second kappa shape index (κ2) is 11.0. The third-order valence-corrected chi connectivity index (χ3v) is 4.52. The Morgan fingerprint density at radius 2 is 1.81 bits per heavy atom. The maximum Gasteiger partial charge on any atom is 0.226 e. The number of guanidine groups is 1. The Kier molecular flexibility index (Phi) is 7.81. The van der Waals surface area contributed by atoms with Crippen LogP contribution in [-0.4, -0.2) is 23.4 Å². The molecule has 0 spiro atoms. The summed E-state index contributed by atoms with van der Waals surface area (Å²) in [6.45, 7) is 7.53. The molecule has 3 rings (SSSR count). The fourth-order valence-electron chi connectivity index (χ4n) is 2.77. The lowest BCUT2D eigenvalue weighted by atomic mass is 10.2. The van der Waals surface area contributed by atoms with Crippen LogP contribution in [0.1, 0.15) is 32.0 Å². The Bertz CT molecular complexity index is 994. The lowest BCUT2D eigenvalue weighted by Crippen LogP contribution is -2.36. The third-order valence-electron chi connectivity index (χ3n) is 4.52. The predicted molar refractivity (Wildman–Crippen MR) is 124 cm³/mol. The number of nitrogens with zero attached hydrogens (tertiary/aromatic N) is 2. The standard InChI is InChI=1S/C24H29N5O2/c1-4-25-24(26-14-18-10-12-20(13-11-18)28-22(30)17(2)3)27-15-21-16-31-23(29-21)19-8-6-5-7-9-19/h5-13,16-17H,4,14-15H2,1-3H3,(H,28,30)(H2,25,26,27). The first-order valence-electron chi connectivity index (χ1n) is 10.5. The second-order valence-electron chi connectivity index (χ2n) is 7.40. The highest BCUT2D eigenvalue weighted by Gasteiger charge is 2.08. The van der Waals surface area contributed by atoms with Gasteiger partial charge in [0.25, 0.3) is 0 Å². The van der Waals surface area contributed by atoms with Crippen molar-refractivity contribution < 1.29 is 9.21 Å². The van der Waals surface area contributed by atoms with Crippen molar-refractivity contribution in [3.63, 3.8) is 0 Å². The van der Waals surface area contributed by atoms with Crippen LogP contribution in [0.3, 0.4) is 0 Å². The molecule has 7 nitrogen and oxygen atoms in total. The third kappa shape index (κ3) is 6.70. The van der Waals surface area contributed by atoms with E-state index in [2.05, 4.69) is 25.9 Å². The molecule has 0 aliphatic heterocycles. The fourth-order valence-corrected chi connectivity index (χ4v) is 2.77. The number of hydrogen-bond donors (Lipinski definition) is 3. The first kappa shape index (κ1) is 22.1. The molecule has 1 amide bonds. The summed E-state index contributed by atoms with van der Waals surface area (Å²) in [6, 6.07) is 17.5. The highest BCUT2D eigenvalue weighted by Crippen LogP contribution is 2.17. The summed E-state index contributed by atoms with van der Waals surface area (Å²) in [4.78, 5) is 21.0. The van der Waals surface area contributed by atoms with Crippen LogP contribution >= 0.6 is 0 Å². The van der Waals surface area contributed by atoms with Crippen molar-refractivity contribution in [2.75, 3.05) is 11.9 Å². The number of aliphatic imine (C=N–C) groups is 1. The summed E-state index contributed by atoms with van der Waals surface area (Å²) in [7, 11) is 0. The van der Waals surface area contributed by atoms with E-state index in [0.29, 0.717) is 24.9 Å². The molecular formula is C24H29N5O2. The first-order valence-corrected chi connectivity index (χ1v) is 10.5. The minimum absolute atomic E-state index is 0.00711. The van der Waals surface area contributed by atoms with Crippen molar-refractivity contribution in [2.45, 2.75) is 33.9 Å². The van der Waals surface area contributed by atoms with Crippen LogP contribution in [-0.2, 0) is 17.9 Å². The van der Waals surface area contributed by atoms with Crippen molar-refractivity contribution in [3.8, 4) is 11.5 Å². The number of rotatable bonds is 8. The van der Waals surface area contributed by atoms with Crippen LogP contribution in [0.5, 0.6) is 0 Å². The van der Waals surface area contributed by atoms with E-state index < -0.39 is 0 Å². The quantitative estimate of drug-likeness (QED) is 0.376. The molecule has 0 fully saturated rings. The Hall–Kier alpha value is -3.61. The molecule has 0 saturated carbocycles. The van der Waals surface area contributed by atoms with E-state index in [4.69, 9.17) is 4.42 Å². The Morgan fingerprint density at radius 3 is 2.48 bits per heavy atom. The maximum atomic E-state index is 11.8. The molecule has 7 heteroatoms. The number of carbonyl (C=O) groups excluding carboxylic acids is 1. The topological polar surface area (TPSA) is 91.5 Å². The lowest BCUT2D eigenvalue weighted by Gasteiger charge is -2.10. The molecule has 2 aromatic carbocycles. The lowest BCUT2D eigenvalue weighted by molar-refractivity contribution is -0.118. The summed E-state index contributed by atoms with van der Waals surface area (Å²) in [5.41, 5.74) is 3.58. The normalized spacial score (nSPS) is 11.4. The van der Waals surface area contributed by atoms with Crippen LogP contribution in [0.2, 0.25) is 0 Å². The molecule has 1 aromatic heterocycles. The van der Waals surface area contributed by atoms with E-state index >= 15 is 0 Å². The van der Waals surface area contributed by atoms with E-state index in [1.807, 2.05) is 75.4 Å². The van der Waals surface area contributed by atoms with Gasteiger partial charge in [0.1, 0.15) is 6.26 Å². The van der Waals surface area contributed by atoms with Gasteiger partial charge in [0.2, 0.25) is 11.8 Å². The van der Waals surface area contributed by atoms with Crippen LogP contribution < -0.4 is 16.0 Å². The minimum atomic E-state index is -0.0495. The van der Waals surface area contributed by atoms with Gasteiger partial charge in [-0.05, 0) is 36.8 Å². The predicted octanol–water partition coefficient (Wildman–Crippen LogP) is 4.19. The molecule has 3 N–H and O–H groups in total. The molecular weight excluding hydrogens is 390 g/mol. The summed E-state index contributed by atoms with van der Waals surface area (Å²) in [6.07, 6.45) is 1.66. The smallest absolute Gasteiger partial charge is 0.226 e. The van der Waals surface area contributed by atoms with Crippen molar-refractivity contribution in [2.24, 2.45) is 10.9 Å². The number of anilines is 1. The van der Waals surface area contributed by atoms with Gasteiger partial charge in [-0.2, -0.15) is 0 Å². The zero-order valence-corrected chi connectivity index (χ0v) is 18.2. The van der Waals surface area contributed by atoms with Gasteiger partial charge >= 0.3 is 0 Å². The van der Waals surface area contributed by atoms with Gasteiger partial charge in [-0.1, -0.05) is 44.2 Å². The zero-order valence-electron chi connectivity index (χ0n) is 18.2. The van der Waals surface area contributed by atoms with Gasteiger partial charge in [-0.3, -0.25) is 4.79 Å². The van der Waals surface area contributed by atoms with Gasteiger partial charge in [0, 0.05) is 23.7 Å². The van der Waals surface area contributed by atoms with Crippen molar-refractivity contribution in [1.82, 2.24) is 15.6 Å². The Labute approximate surface area is 183 Å². The second-order valence-corrected chi connectivity index (χ2v) is 7.40. The molecule has 0 radical (unpaired) electrons. The van der Waals surface area contributed by atoms with E-state index in [-0.39, 0.29) is 11.8 Å². The SMILES string of the molecule is CCNC(=NCc1ccc(NC(=O)C(C)C)cc1)NCc1coc(-c2ccccc2)n1. The molecule has 0 aliphatic rings. The van der Waals surface area contributed by atoms with E-state index in [0.717, 1.165) is 29.1 Å².